The highest BCUT2D eigenvalue weighted by Gasteiger charge is 2.17. The van der Waals surface area contributed by atoms with E-state index in [4.69, 9.17) is 21.1 Å². The molecule has 0 spiro atoms. The molecule has 2 aromatic carbocycles. The Kier molecular flexibility index (Phi) is 7.36. The number of benzene rings is 2. The molecule has 5 nitrogen and oxygen atoms in total. The number of halogens is 1. The Morgan fingerprint density at radius 3 is 2.50 bits per heavy atom. The molecular weight excluding hydrogens is 374 g/mol. The fraction of sp³-hybridized carbons (Fsp3) is 0.263. The first-order valence-electron chi connectivity index (χ1n) is 8.02. The second-order valence-corrected chi connectivity index (χ2v) is 7.16. The lowest BCUT2D eigenvalue weighted by molar-refractivity contribution is -0.115. The van der Waals surface area contributed by atoms with Gasteiger partial charge in [0.15, 0.2) is 0 Å². The van der Waals surface area contributed by atoms with Gasteiger partial charge in [0.25, 0.3) is 0 Å². The maximum Gasteiger partial charge on any atom is 0.339 e. The van der Waals surface area contributed by atoms with Crippen molar-refractivity contribution in [2.24, 2.45) is 0 Å². The van der Waals surface area contributed by atoms with Crippen LogP contribution in [0, 0.1) is 0 Å². The molecule has 1 amide bonds. The summed E-state index contributed by atoms with van der Waals surface area (Å²) in [6, 6.07) is 12.2. The Labute approximate surface area is 162 Å². The molecule has 7 heteroatoms. The van der Waals surface area contributed by atoms with Gasteiger partial charge in [0.1, 0.15) is 5.75 Å². The Morgan fingerprint density at radius 2 is 1.88 bits per heavy atom. The predicted molar refractivity (Wildman–Crippen MR) is 104 cm³/mol. The molecule has 26 heavy (non-hydrogen) atoms. The van der Waals surface area contributed by atoms with Crippen LogP contribution in [-0.4, -0.2) is 30.8 Å². The van der Waals surface area contributed by atoms with Crippen molar-refractivity contribution in [1.82, 2.24) is 0 Å². The van der Waals surface area contributed by atoms with Gasteiger partial charge in [-0.05, 0) is 56.3 Å². The number of amides is 1. The van der Waals surface area contributed by atoms with Crippen molar-refractivity contribution < 1.29 is 19.1 Å². The molecule has 2 aromatic rings. The van der Waals surface area contributed by atoms with Gasteiger partial charge in [-0.3, -0.25) is 4.79 Å². The summed E-state index contributed by atoms with van der Waals surface area (Å²) in [7, 11) is 1.61. The summed E-state index contributed by atoms with van der Waals surface area (Å²) in [5, 5.41) is 2.75. The van der Waals surface area contributed by atoms with Crippen LogP contribution < -0.4 is 10.1 Å². The molecule has 0 aliphatic heterocycles. The number of ether oxygens (including phenoxy) is 2. The molecule has 0 heterocycles. The number of carbonyl (C=O) groups excluding carboxylic acids is 2. The Hall–Kier alpha value is -2.18. The SMILES string of the molecule is CCOC(=O)c1cc(NC(=O)[C@@H](C)Sc2ccc(OC)cc2)ccc1Cl. The zero-order valence-corrected chi connectivity index (χ0v) is 16.3. The molecule has 0 fully saturated rings. The number of hydrogen-bond acceptors (Lipinski definition) is 5. The van der Waals surface area contributed by atoms with E-state index in [9.17, 15) is 9.59 Å². The fourth-order valence-corrected chi connectivity index (χ4v) is 3.19. The number of rotatable bonds is 7. The molecule has 0 aliphatic carbocycles. The molecule has 0 radical (unpaired) electrons. The number of hydrogen-bond donors (Lipinski definition) is 1. The van der Waals surface area contributed by atoms with E-state index in [1.54, 1.807) is 26.2 Å². The first kappa shape index (κ1) is 20.1. The van der Waals surface area contributed by atoms with Gasteiger partial charge in [-0.2, -0.15) is 0 Å². The van der Waals surface area contributed by atoms with Crippen LogP contribution in [0.15, 0.2) is 47.4 Å². The van der Waals surface area contributed by atoms with E-state index in [2.05, 4.69) is 5.32 Å². The first-order chi connectivity index (χ1) is 12.4. The summed E-state index contributed by atoms with van der Waals surface area (Å²) < 4.78 is 10.1. The topological polar surface area (TPSA) is 64.6 Å². The van der Waals surface area contributed by atoms with Gasteiger partial charge in [0.2, 0.25) is 5.91 Å². The Bertz CT molecular complexity index is 780. The van der Waals surface area contributed by atoms with Crippen molar-refractivity contribution in [1.29, 1.82) is 0 Å². The fourth-order valence-electron chi connectivity index (χ4n) is 2.12. The van der Waals surface area contributed by atoms with Crippen molar-refractivity contribution in [3.05, 3.63) is 53.1 Å². The van der Waals surface area contributed by atoms with Crippen LogP contribution in [0.1, 0.15) is 24.2 Å². The Morgan fingerprint density at radius 1 is 1.19 bits per heavy atom. The van der Waals surface area contributed by atoms with Crippen LogP contribution in [0.25, 0.3) is 0 Å². The lowest BCUT2D eigenvalue weighted by atomic mass is 10.2. The van der Waals surface area contributed by atoms with E-state index in [-0.39, 0.29) is 28.4 Å². The molecule has 0 saturated carbocycles. The van der Waals surface area contributed by atoms with E-state index in [1.807, 2.05) is 31.2 Å². The van der Waals surface area contributed by atoms with Crippen molar-refractivity contribution in [3.63, 3.8) is 0 Å². The van der Waals surface area contributed by atoms with Gasteiger partial charge >= 0.3 is 5.97 Å². The highest BCUT2D eigenvalue weighted by Crippen LogP contribution is 2.27. The maximum absolute atomic E-state index is 12.4. The molecule has 2 rings (SSSR count). The minimum Gasteiger partial charge on any atom is -0.497 e. The summed E-state index contributed by atoms with van der Waals surface area (Å²) in [6.07, 6.45) is 0. The number of esters is 1. The molecular formula is C19H20ClNO4S. The summed E-state index contributed by atoms with van der Waals surface area (Å²) in [6.45, 7) is 3.78. The molecule has 0 unspecified atom stereocenters. The van der Waals surface area contributed by atoms with E-state index in [1.165, 1.54) is 17.8 Å². The van der Waals surface area contributed by atoms with Crippen LogP contribution in [0.5, 0.6) is 5.75 Å². The van der Waals surface area contributed by atoms with Gasteiger partial charge in [0, 0.05) is 10.6 Å². The lowest BCUT2D eigenvalue weighted by Gasteiger charge is -2.13. The largest absolute Gasteiger partial charge is 0.497 e. The van der Waals surface area contributed by atoms with Crippen LogP contribution in [-0.2, 0) is 9.53 Å². The van der Waals surface area contributed by atoms with Gasteiger partial charge in [-0.1, -0.05) is 11.6 Å². The average molecular weight is 394 g/mol. The summed E-state index contributed by atoms with van der Waals surface area (Å²) >= 11 is 7.46. The molecule has 138 valence electrons. The van der Waals surface area contributed by atoms with Crippen LogP contribution in [0.3, 0.4) is 0 Å². The first-order valence-corrected chi connectivity index (χ1v) is 9.28. The number of nitrogens with one attached hydrogen (secondary N) is 1. The number of thioether (sulfide) groups is 1. The molecule has 1 atom stereocenters. The second-order valence-electron chi connectivity index (χ2n) is 5.34. The molecule has 1 N–H and O–H groups in total. The monoisotopic (exact) mass is 393 g/mol. The minimum absolute atomic E-state index is 0.178. The van der Waals surface area contributed by atoms with E-state index < -0.39 is 5.97 Å². The molecule has 0 bridgehead atoms. The summed E-state index contributed by atoms with van der Waals surface area (Å²) in [4.78, 5) is 25.3. The standard InChI is InChI=1S/C19H20ClNO4S/c1-4-25-19(23)16-11-13(5-10-17(16)20)21-18(22)12(2)26-15-8-6-14(24-3)7-9-15/h5-12H,4H2,1-3H3,(H,21,22)/t12-/m1/s1. The van der Waals surface area contributed by atoms with Crippen molar-refractivity contribution in [2.75, 3.05) is 19.0 Å². The zero-order valence-electron chi connectivity index (χ0n) is 14.7. The average Bonchev–Trinajstić information content (AvgIpc) is 2.64. The van der Waals surface area contributed by atoms with Gasteiger partial charge in [-0.15, -0.1) is 11.8 Å². The van der Waals surface area contributed by atoms with Gasteiger partial charge in [0.05, 0.1) is 29.6 Å². The maximum atomic E-state index is 12.4. The third-order valence-electron chi connectivity index (χ3n) is 3.47. The third-order valence-corrected chi connectivity index (χ3v) is 4.91. The number of methoxy groups -OCH3 is 1. The van der Waals surface area contributed by atoms with Gasteiger partial charge < -0.3 is 14.8 Å². The van der Waals surface area contributed by atoms with Crippen molar-refractivity contribution in [3.8, 4) is 5.75 Å². The molecule has 0 aliphatic rings. The second kappa shape index (κ2) is 9.50. The van der Waals surface area contributed by atoms with Crippen LogP contribution >= 0.6 is 23.4 Å². The lowest BCUT2D eigenvalue weighted by Crippen LogP contribution is -2.22. The van der Waals surface area contributed by atoms with E-state index >= 15 is 0 Å². The minimum atomic E-state index is -0.519. The smallest absolute Gasteiger partial charge is 0.339 e. The predicted octanol–water partition coefficient (Wildman–Crippen LogP) is 4.64. The summed E-state index contributed by atoms with van der Waals surface area (Å²) in [5.41, 5.74) is 0.714. The zero-order chi connectivity index (χ0) is 19.1. The van der Waals surface area contributed by atoms with Crippen LogP contribution in [0.2, 0.25) is 5.02 Å². The highest BCUT2D eigenvalue weighted by atomic mass is 35.5. The quantitative estimate of drug-likeness (QED) is 0.548. The van der Waals surface area contributed by atoms with E-state index in [0.29, 0.717) is 5.69 Å². The van der Waals surface area contributed by atoms with Crippen LogP contribution in [0.4, 0.5) is 5.69 Å². The molecule has 0 saturated heterocycles. The normalized spacial score (nSPS) is 11.5. The highest BCUT2D eigenvalue weighted by molar-refractivity contribution is 8.00. The van der Waals surface area contributed by atoms with E-state index in [0.717, 1.165) is 10.6 Å². The Balaban J connectivity index is 2.03. The number of carbonyl (C=O) groups is 2. The van der Waals surface area contributed by atoms with Crippen molar-refractivity contribution >= 4 is 40.9 Å². The molecule has 0 aromatic heterocycles. The third kappa shape index (κ3) is 5.41. The summed E-state index contributed by atoms with van der Waals surface area (Å²) in [5.74, 6) is 0.0660. The number of anilines is 1. The van der Waals surface area contributed by atoms with Crippen molar-refractivity contribution in [2.45, 2.75) is 24.0 Å². The van der Waals surface area contributed by atoms with Gasteiger partial charge in [-0.25, -0.2) is 4.79 Å².